The second-order valence-electron chi connectivity index (χ2n) is 4.64. The first-order chi connectivity index (χ1) is 6.84. The van der Waals surface area contributed by atoms with Crippen LogP contribution in [0.25, 0.3) is 0 Å². The maximum Gasteiger partial charge on any atom is 0.0690 e. The molecular weight excluding hydrogens is 184 g/mol. The summed E-state index contributed by atoms with van der Waals surface area (Å²) in [7, 11) is 0. The molecule has 15 heavy (non-hydrogen) atoms. The summed E-state index contributed by atoms with van der Waals surface area (Å²) in [5.41, 5.74) is 3.96. The average molecular weight is 204 g/mol. The molecule has 0 fully saturated rings. The zero-order chi connectivity index (χ0) is 11.6. The topological polar surface area (TPSA) is 35.9 Å². The Kier molecular flexibility index (Phi) is 3.18. The van der Waals surface area contributed by atoms with E-state index < -0.39 is 0 Å². The number of para-hydroxylation sites is 1. The first kappa shape index (κ1) is 11.8. The molecule has 1 rings (SSSR count). The van der Waals surface area contributed by atoms with E-state index >= 15 is 0 Å². The number of hydrogen-bond acceptors (Lipinski definition) is 2. The van der Waals surface area contributed by atoms with E-state index in [0.717, 1.165) is 5.69 Å². The van der Waals surface area contributed by atoms with Crippen molar-refractivity contribution in [1.82, 2.24) is 0 Å². The van der Waals surface area contributed by atoms with Crippen LogP contribution in [-0.2, 0) is 0 Å². The molecule has 0 amide bonds. The van der Waals surface area contributed by atoms with Crippen molar-refractivity contribution in [2.45, 2.75) is 40.2 Å². The van der Waals surface area contributed by atoms with E-state index in [1.54, 1.807) is 0 Å². The van der Waals surface area contributed by atoms with Crippen LogP contribution >= 0.6 is 0 Å². The third-order valence-electron chi connectivity index (χ3n) is 2.86. The van der Waals surface area contributed by atoms with Crippen molar-refractivity contribution >= 4 is 11.4 Å². The van der Waals surface area contributed by atoms with E-state index in [9.17, 15) is 0 Å². The average Bonchev–Trinajstić information content (AvgIpc) is 2.11. The van der Waals surface area contributed by atoms with Gasteiger partial charge in [-0.25, -0.2) is 0 Å². The number of aryl methyl sites for hydroxylation is 2. The van der Waals surface area contributed by atoms with Crippen LogP contribution in [0, 0.1) is 19.3 Å². The summed E-state index contributed by atoms with van der Waals surface area (Å²) in [6.45, 7) is 10.1. The molecule has 0 aromatic heterocycles. The van der Waals surface area contributed by atoms with Crippen LogP contribution in [-0.4, -0.2) is 11.3 Å². The van der Waals surface area contributed by atoms with Gasteiger partial charge in [0, 0.05) is 11.4 Å². The fourth-order valence-electron chi connectivity index (χ4n) is 1.42. The summed E-state index contributed by atoms with van der Waals surface area (Å²) < 4.78 is 0. The lowest BCUT2D eigenvalue weighted by Crippen LogP contribution is -2.38. The molecule has 1 aromatic rings. The summed E-state index contributed by atoms with van der Waals surface area (Å²) >= 11 is 0. The van der Waals surface area contributed by atoms with Crippen LogP contribution in [0.1, 0.15) is 31.9 Å². The van der Waals surface area contributed by atoms with Crippen molar-refractivity contribution in [3.05, 3.63) is 29.3 Å². The lowest BCUT2D eigenvalue weighted by molar-refractivity contribution is 0.747. The second kappa shape index (κ2) is 4.05. The normalized spacial score (nSPS) is 11.3. The Bertz CT molecular complexity index is 358. The minimum Gasteiger partial charge on any atom is -0.374 e. The maximum atomic E-state index is 7.72. The Morgan fingerprint density at radius 3 is 2.07 bits per heavy atom. The Balaban J connectivity index is 3.04. The first-order valence-corrected chi connectivity index (χ1v) is 5.24. The van der Waals surface area contributed by atoms with E-state index in [1.807, 2.05) is 20.8 Å². The molecule has 82 valence electrons. The monoisotopic (exact) mass is 204 g/mol. The molecule has 2 N–H and O–H groups in total. The van der Waals surface area contributed by atoms with Gasteiger partial charge in [-0.1, -0.05) is 18.2 Å². The molecule has 0 aliphatic heterocycles. The third kappa shape index (κ3) is 2.58. The van der Waals surface area contributed by atoms with Crippen molar-refractivity contribution in [3.63, 3.8) is 0 Å². The fraction of sp³-hybridized carbons (Fsp3) is 0.462. The fourth-order valence-corrected chi connectivity index (χ4v) is 1.42. The Morgan fingerprint density at radius 1 is 1.20 bits per heavy atom. The highest BCUT2D eigenvalue weighted by Crippen LogP contribution is 2.23. The zero-order valence-corrected chi connectivity index (χ0v) is 10.2. The van der Waals surface area contributed by atoms with Gasteiger partial charge in [0.05, 0.1) is 5.54 Å². The summed E-state index contributed by atoms with van der Waals surface area (Å²) in [5, 5.41) is 11.2. The number of nitrogens with one attached hydrogen (secondary N) is 2. The molecule has 0 radical (unpaired) electrons. The van der Waals surface area contributed by atoms with Crippen LogP contribution in [0.15, 0.2) is 18.2 Å². The molecule has 0 saturated carbocycles. The summed E-state index contributed by atoms with van der Waals surface area (Å²) in [6.07, 6.45) is 0. The lowest BCUT2D eigenvalue weighted by Gasteiger charge is -2.28. The van der Waals surface area contributed by atoms with E-state index in [1.165, 1.54) is 11.1 Å². The smallest absolute Gasteiger partial charge is 0.0690 e. The van der Waals surface area contributed by atoms with Gasteiger partial charge in [0.15, 0.2) is 0 Å². The molecule has 0 atom stereocenters. The van der Waals surface area contributed by atoms with Gasteiger partial charge in [0.2, 0.25) is 0 Å². The van der Waals surface area contributed by atoms with Gasteiger partial charge in [-0.05, 0) is 45.7 Å². The van der Waals surface area contributed by atoms with E-state index in [-0.39, 0.29) is 5.54 Å². The van der Waals surface area contributed by atoms with E-state index in [2.05, 4.69) is 37.4 Å². The van der Waals surface area contributed by atoms with E-state index in [4.69, 9.17) is 5.41 Å². The highest BCUT2D eigenvalue weighted by Gasteiger charge is 2.21. The summed E-state index contributed by atoms with van der Waals surface area (Å²) in [6, 6.07) is 6.23. The van der Waals surface area contributed by atoms with E-state index in [0.29, 0.717) is 5.71 Å². The molecule has 0 saturated heterocycles. The van der Waals surface area contributed by atoms with Crippen LogP contribution in [0.5, 0.6) is 0 Å². The van der Waals surface area contributed by atoms with Gasteiger partial charge in [-0.15, -0.1) is 0 Å². The van der Waals surface area contributed by atoms with Crippen LogP contribution < -0.4 is 5.32 Å². The number of rotatable bonds is 3. The largest absolute Gasteiger partial charge is 0.374 e. The highest BCUT2D eigenvalue weighted by atomic mass is 15.0. The number of hydrogen-bond donors (Lipinski definition) is 2. The summed E-state index contributed by atoms with van der Waals surface area (Å²) in [5.74, 6) is 0. The van der Waals surface area contributed by atoms with Crippen LogP contribution in [0.3, 0.4) is 0 Å². The molecule has 0 spiro atoms. The SMILES string of the molecule is CC(=N)C(C)(C)Nc1c(C)cccc1C. The molecule has 2 heteroatoms. The van der Waals surface area contributed by atoms with Gasteiger partial charge < -0.3 is 10.7 Å². The third-order valence-corrected chi connectivity index (χ3v) is 2.86. The molecule has 0 unspecified atom stereocenters. The van der Waals surface area contributed by atoms with Crippen LogP contribution in [0.4, 0.5) is 5.69 Å². The molecule has 0 bridgehead atoms. The van der Waals surface area contributed by atoms with Crippen molar-refractivity contribution in [2.75, 3.05) is 5.32 Å². The quantitative estimate of drug-likeness (QED) is 0.726. The number of anilines is 1. The van der Waals surface area contributed by atoms with Gasteiger partial charge in [0.25, 0.3) is 0 Å². The molecule has 2 nitrogen and oxygen atoms in total. The maximum absolute atomic E-state index is 7.72. The Hall–Kier alpha value is -1.31. The minimum absolute atomic E-state index is 0.281. The predicted octanol–water partition coefficient (Wildman–Crippen LogP) is 3.53. The second-order valence-corrected chi connectivity index (χ2v) is 4.64. The van der Waals surface area contributed by atoms with Crippen LogP contribution in [0.2, 0.25) is 0 Å². The van der Waals surface area contributed by atoms with Crippen molar-refractivity contribution in [3.8, 4) is 0 Å². The molecular formula is C13H20N2. The lowest BCUT2D eigenvalue weighted by atomic mass is 9.97. The Morgan fingerprint density at radius 2 is 1.67 bits per heavy atom. The summed E-state index contributed by atoms with van der Waals surface area (Å²) in [4.78, 5) is 0. The molecule has 0 heterocycles. The van der Waals surface area contributed by atoms with Crippen molar-refractivity contribution < 1.29 is 0 Å². The minimum atomic E-state index is -0.281. The first-order valence-electron chi connectivity index (χ1n) is 5.24. The zero-order valence-electron chi connectivity index (χ0n) is 10.2. The molecule has 0 aliphatic rings. The van der Waals surface area contributed by atoms with Gasteiger partial charge in [-0.3, -0.25) is 0 Å². The Labute approximate surface area is 92.2 Å². The predicted molar refractivity (Wildman–Crippen MR) is 67.0 cm³/mol. The molecule has 1 aromatic carbocycles. The van der Waals surface area contributed by atoms with Crippen molar-refractivity contribution in [1.29, 1.82) is 5.41 Å². The van der Waals surface area contributed by atoms with Crippen molar-refractivity contribution in [2.24, 2.45) is 0 Å². The highest BCUT2D eigenvalue weighted by molar-refractivity contribution is 5.91. The number of benzene rings is 1. The standard InChI is InChI=1S/C13H20N2/c1-9-7-6-8-10(2)12(9)15-13(4,5)11(3)14/h6-8,14-15H,1-5H3. The van der Waals surface area contributed by atoms with Gasteiger partial charge in [-0.2, -0.15) is 0 Å². The van der Waals surface area contributed by atoms with Gasteiger partial charge >= 0.3 is 0 Å². The van der Waals surface area contributed by atoms with Gasteiger partial charge in [0.1, 0.15) is 0 Å². The molecule has 0 aliphatic carbocycles.